The van der Waals surface area contributed by atoms with Gasteiger partial charge in [0.15, 0.2) is 18.1 Å². The number of rotatable bonds is 8. The van der Waals surface area contributed by atoms with E-state index in [1.54, 1.807) is 36.4 Å². The van der Waals surface area contributed by atoms with E-state index in [1.807, 2.05) is 0 Å². The molecule has 7 heteroatoms. The van der Waals surface area contributed by atoms with Crippen molar-refractivity contribution in [3.63, 3.8) is 0 Å². The molecular weight excluding hydrogens is 364 g/mol. The van der Waals surface area contributed by atoms with Crippen molar-refractivity contribution >= 4 is 16.9 Å². The van der Waals surface area contributed by atoms with Crippen LogP contribution in [0.4, 0.5) is 0 Å². The molecule has 0 amide bonds. The van der Waals surface area contributed by atoms with Crippen LogP contribution in [0.2, 0.25) is 0 Å². The minimum Gasteiger partial charge on any atom is -0.493 e. The average Bonchev–Trinajstić information content (AvgIpc) is 2.73. The van der Waals surface area contributed by atoms with Gasteiger partial charge in [0, 0.05) is 6.07 Å². The molecule has 0 spiro atoms. The molecule has 144 valence electrons. The Morgan fingerprint density at radius 2 is 1.93 bits per heavy atom. The maximum absolute atomic E-state index is 12.7. The minimum absolute atomic E-state index is 0.0265. The monoisotopic (exact) mass is 382 g/mol. The fraction of sp³-hybridized carbons (Fsp3) is 0.143. The van der Waals surface area contributed by atoms with Gasteiger partial charge in [-0.2, -0.15) is 0 Å². The van der Waals surface area contributed by atoms with E-state index >= 15 is 0 Å². The minimum atomic E-state index is -0.526. The van der Waals surface area contributed by atoms with Crippen molar-refractivity contribution in [3.8, 4) is 23.0 Å². The third kappa shape index (κ3) is 4.32. The van der Waals surface area contributed by atoms with Crippen LogP contribution in [0.3, 0.4) is 0 Å². The van der Waals surface area contributed by atoms with Crippen molar-refractivity contribution in [1.29, 1.82) is 0 Å². The van der Waals surface area contributed by atoms with Crippen LogP contribution in [0, 0.1) is 0 Å². The first-order chi connectivity index (χ1) is 13.6. The Morgan fingerprint density at radius 1 is 1.14 bits per heavy atom. The third-order valence-corrected chi connectivity index (χ3v) is 3.72. The Bertz CT molecular complexity index is 1050. The number of carbonyl (C=O) groups excluding carboxylic acids is 1. The summed E-state index contributed by atoms with van der Waals surface area (Å²) >= 11 is 0. The van der Waals surface area contributed by atoms with Crippen LogP contribution >= 0.6 is 0 Å². The molecule has 0 fully saturated rings. The maximum Gasteiger partial charge on any atom is 0.344 e. The summed E-state index contributed by atoms with van der Waals surface area (Å²) < 4.78 is 26.6. The number of fused-ring (bicyclic) bond motifs is 1. The Kier molecular flexibility index (Phi) is 5.96. The van der Waals surface area contributed by atoms with Gasteiger partial charge in [0.2, 0.25) is 11.2 Å². The molecule has 0 aliphatic rings. The van der Waals surface area contributed by atoms with Gasteiger partial charge < -0.3 is 23.4 Å². The first kappa shape index (κ1) is 19.0. The van der Waals surface area contributed by atoms with Gasteiger partial charge in [-0.1, -0.05) is 24.8 Å². The third-order valence-electron chi connectivity index (χ3n) is 3.72. The summed E-state index contributed by atoms with van der Waals surface area (Å²) in [6.07, 6.45) is 2.69. The molecule has 0 aliphatic carbocycles. The summed E-state index contributed by atoms with van der Waals surface area (Å²) in [5.74, 6) is 0.758. The zero-order valence-corrected chi connectivity index (χ0v) is 15.2. The van der Waals surface area contributed by atoms with E-state index in [9.17, 15) is 9.59 Å². The summed E-state index contributed by atoms with van der Waals surface area (Å²) in [5.41, 5.74) is -0.0431. The summed E-state index contributed by atoms with van der Waals surface area (Å²) in [7, 11) is 1.51. The molecule has 28 heavy (non-hydrogen) atoms. The topological polar surface area (TPSA) is 84.2 Å². The van der Waals surface area contributed by atoms with Crippen molar-refractivity contribution in [2.45, 2.75) is 0 Å². The molecule has 0 N–H and O–H groups in total. The van der Waals surface area contributed by atoms with E-state index in [2.05, 4.69) is 6.58 Å². The number of methoxy groups -OCH3 is 1. The molecule has 1 aromatic heterocycles. The van der Waals surface area contributed by atoms with Gasteiger partial charge in [0.05, 0.1) is 12.5 Å². The lowest BCUT2D eigenvalue weighted by Crippen LogP contribution is -2.14. The molecule has 0 radical (unpaired) electrons. The SMILES string of the molecule is C=CCOC(=O)COc1ccc2c(=O)c(Oc3ccccc3OC)coc2c1. The fourth-order valence-corrected chi connectivity index (χ4v) is 2.41. The van der Waals surface area contributed by atoms with E-state index in [4.69, 9.17) is 23.4 Å². The predicted molar refractivity (Wildman–Crippen MR) is 102 cm³/mol. The van der Waals surface area contributed by atoms with E-state index < -0.39 is 5.97 Å². The molecule has 2 aromatic carbocycles. The first-order valence-corrected chi connectivity index (χ1v) is 8.38. The van der Waals surface area contributed by atoms with E-state index in [-0.39, 0.29) is 24.4 Å². The number of hydrogen-bond donors (Lipinski definition) is 0. The highest BCUT2D eigenvalue weighted by molar-refractivity contribution is 5.79. The van der Waals surface area contributed by atoms with Crippen LogP contribution in [0.1, 0.15) is 0 Å². The van der Waals surface area contributed by atoms with E-state index in [0.717, 1.165) is 0 Å². The number of para-hydroxylation sites is 2. The number of hydrogen-bond acceptors (Lipinski definition) is 7. The number of benzene rings is 2. The molecule has 0 bridgehead atoms. The molecule has 1 heterocycles. The number of carbonyl (C=O) groups is 1. The second kappa shape index (κ2) is 8.77. The highest BCUT2D eigenvalue weighted by Crippen LogP contribution is 2.30. The lowest BCUT2D eigenvalue weighted by molar-refractivity contribution is -0.144. The number of esters is 1. The van der Waals surface area contributed by atoms with Crippen molar-refractivity contribution in [1.82, 2.24) is 0 Å². The van der Waals surface area contributed by atoms with Gasteiger partial charge in [-0.3, -0.25) is 4.79 Å². The molecule has 7 nitrogen and oxygen atoms in total. The van der Waals surface area contributed by atoms with E-state index in [1.165, 1.54) is 25.5 Å². The summed E-state index contributed by atoms with van der Waals surface area (Å²) in [5, 5.41) is 0.314. The summed E-state index contributed by atoms with van der Waals surface area (Å²) in [6, 6.07) is 11.6. The van der Waals surface area contributed by atoms with Gasteiger partial charge >= 0.3 is 5.97 Å². The maximum atomic E-state index is 12.7. The van der Waals surface area contributed by atoms with Crippen LogP contribution in [0.25, 0.3) is 11.0 Å². The van der Waals surface area contributed by atoms with Crippen LogP contribution in [-0.4, -0.2) is 26.3 Å². The molecule has 0 atom stereocenters. The molecule has 0 saturated carbocycles. The van der Waals surface area contributed by atoms with Crippen molar-refractivity contribution < 1.29 is 28.2 Å². The largest absolute Gasteiger partial charge is 0.493 e. The standard InChI is InChI=1S/C21H18O7/c1-3-10-25-20(22)13-26-14-8-9-15-18(11-14)27-12-19(21(15)23)28-17-7-5-4-6-16(17)24-2/h3-9,11-12H,1,10,13H2,2H3. The predicted octanol–water partition coefficient (Wildman–Crippen LogP) is 3.70. The molecule has 0 saturated heterocycles. The highest BCUT2D eigenvalue weighted by Gasteiger charge is 2.13. The molecule has 3 rings (SSSR count). The van der Waals surface area contributed by atoms with Gasteiger partial charge in [0.25, 0.3) is 0 Å². The van der Waals surface area contributed by atoms with Gasteiger partial charge in [-0.05, 0) is 24.3 Å². The Balaban J connectivity index is 1.80. The summed E-state index contributed by atoms with van der Waals surface area (Å²) in [4.78, 5) is 24.1. The van der Waals surface area contributed by atoms with Crippen LogP contribution < -0.4 is 19.6 Å². The van der Waals surface area contributed by atoms with Crippen LogP contribution in [-0.2, 0) is 9.53 Å². The lowest BCUT2D eigenvalue weighted by atomic mass is 10.2. The van der Waals surface area contributed by atoms with E-state index in [0.29, 0.717) is 28.2 Å². The van der Waals surface area contributed by atoms with Crippen molar-refractivity contribution in [2.75, 3.05) is 20.3 Å². The molecular formula is C21H18O7. The first-order valence-electron chi connectivity index (χ1n) is 8.38. The van der Waals surface area contributed by atoms with Crippen LogP contribution in [0.5, 0.6) is 23.0 Å². The fourth-order valence-electron chi connectivity index (χ4n) is 2.41. The Labute approximate surface area is 160 Å². The quantitative estimate of drug-likeness (QED) is 0.434. The summed E-state index contributed by atoms with van der Waals surface area (Å²) in [6.45, 7) is 3.31. The normalized spacial score (nSPS) is 10.3. The second-order valence-electron chi connectivity index (χ2n) is 5.60. The molecule has 0 unspecified atom stereocenters. The van der Waals surface area contributed by atoms with Gasteiger partial charge in [-0.25, -0.2) is 4.79 Å². The number of ether oxygens (including phenoxy) is 4. The lowest BCUT2D eigenvalue weighted by Gasteiger charge is -2.10. The molecule has 0 aliphatic heterocycles. The van der Waals surface area contributed by atoms with Gasteiger partial charge in [0.1, 0.15) is 24.2 Å². The van der Waals surface area contributed by atoms with Crippen molar-refractivity contribution in [2.24, 2.45) is 0 Å². The van der Waals surface area contributed by atoms with Crippen molar-refractivity contribution in [3.05, 3.63) is 71.6 Å². The van der Waals surface area contributed by atoms with Gasteiger partial charge in [-0.15, -0.1) is 0 Å². The Morgan fingerprint density at radius 3 is 2.68 bits per heavy atom. The Hall–Kier alpha value is -3.74. The smallest absolute Gasteiger partial charge is 0.344 e. The highest BCUT2D eigenvalue weighted by atomic mass is 16.6. The zero-order chi connectivity index (χ0) is 19.9. The zero-order valence-electron chi connectivity index (χ0n) is 15.2. The second-order valence-corrected chi connectivity index (χ2v) is 5.60. The molecule has 3 aromatic rings. The average molecular weight is 382 g/mol. The van der Waals surface area contributed by atoms with Crippen LogP contribution in [0.15, 0.2) is 70.6 Å².